The minimum Gasteiger partial charge on any atom is -0.323 e. The maximum Gasteiger partial charge on any atom is 0.258 e. The van der Waals surface area contributed by atoms with Crippen LogP contribution in [0, 0.1) is 22.7 Å². The second-order valence-electron chi connectivity index (χ2n) is 8.16. The van der Waals surface area contributed by atoms with Gasteiger partial charge in [-0.1, -0.05) is 44.0 Å². The average molecular weight is 466 g/mol. The van der Waals surface area contributed by atoms with Crippen molar-refractivity contribution >= 4 is 62.8 Å². The molecule has 1 aromatic heterocycles. The Balaban J connectivity index is 1.75. The summed E-state index contributed by atoms with van der Waals surface area (Å²) in [5.74, 6) is 0.142. The number of nitriles is 1. The molecule has 1 aromatic carbocycles. The number of fused-ring (bicyclic) bond motifs is 1. The van der Waals surface area contributed by atoms with Gasteiger partial charge in [0, 0.05) is 9.90 Å². The third-order valence-corrected chi connectivity index (χ3v) is 7.15. The van der Waals surface area contributed by atoms with Gasteiger partial charge in [0.25, 0.3) is 5.91 Å². The van der Waals surface area contributed by atoms with Crippen LogP contribution in [0.2, 0.25) is 10.0 Å². The molecule has 1 amide bonds. The van der Waals surface area contributed by atoms with Crippen molar-refractivity contribution in [1.82, 2.24) is 5.32 Å². The Kier molecular flexibility index (Phi) is 6.54. The molecule has 2 N–H and O–H groups in total. The Labute approximate surface area is 190 Å². The molecule has 0 fully saturated rings. The molecule has 0 saturated heterocycles. The van der Waals surface area contributed by atoms with Gasteiger partial charge >= 0.3 is 0 Å². The first-order valence-corrected chi connectivity index (χ1v) is 11.2. The molecule has 1 aliphatic rings. The van der Waals surface area contributed by atoms with Gasteiger partial charge in [0.15, 0.2) is 5.11 Å². The van der Waals surface area contributed by atoms with Crippen LogP contribution >= 0.6 is 46.8 Å². The number of carbonyl (C=O) groups is 1. The van der Waals surface area contributed by atoms with Crippen LogP contribution in [-0.2, 0) is 12.8 Å². The summed E-state index contributed by atoms with van der Waals surface area (Å²) in [7, 11) is 0. The Hall–Kier alpha value is -1.65. The topological polar surface area (TPSA) is 64.9 Å². The number of thiocarbonyl (C=S) groups is 1. The van der Waals surface area contributed by atoms with Gasteiger partial charge in [-0.2, -0.15) is 5.26 Å². The van der Waals surface area contributed by atoms with Crippen molar-refractivity contribution in [3.8, 4) is 6.07 Å². The van der Waals surface area contributed by atoms with Crippen LogP contribution in [0.1, 0.15) is 53.6 Å². The van der Waals surface area contributed by atoms with Crippen molar-refractivity contribution in [3.63, 3.8) is 0 Å². The lowest BCUT2D eigenvalue weighted by atomic mass is 9.72. The molecule has 1 aliphatic carbocycles. The molecule has 0 saturated carbocycles. The highest BCUT2D eigenvalue weighted by Crippen LogP contribution is 2.43. The summed E-state index contributed by atoms with van der Waals surface area (Å²) in [5, 5.41) is 16.8. The normalized spacial score (nSPS) is 15.9. The Morgan fingerprint density at radius 1 is 1.34 bits per heavy atom. The van der Waals surface area contributed by atoms with Crippen molar-refractivity contribution in [1.29, 1.82) is 5.26 Å². The molecule has 0 aliphatic heterocycles. The molecule has 8 heteroatoms. The van der Waals surface area contributed by atoms with Gasteiger partial charge in [-0.15, -0.1) is 11.3 Å². The quantitative estimate of drug-likeness (QED) is 0.517. The highest BCUT2D eigenvalue weighted by atomic mass is 35.5. The second-order valence-corrected chi connectivity index (χ2v) is 10.5. The standard InChI is InChI=1S/C21H21Cl2N3OS2/c1-21(2,3)11-4-6-13-15(10-24)19(29-17(13)8-11)26-20(28)25-18(27)14-7-5-12(22)9-16(14)23/h5,7,9,11H,4,6,8H2,1-3H3,(H2,25,26,27,28)/t11-/m1/s1. The van der Waals surface area contributed by atoms with Crippen LogP contribution in [0.3, 0.4) is 0 Å². The molecule has 3 rings (SSSR count). The first-order valence-electron chi connectivity index (χ1n) is 9.22. The van der Waals surface area contributed by atoms with E-state index in [9.17, 15) is 10.1 Å². The van der Waals surface area contributed by atoms with Gasteiger partial charge < -0.3 is 5.32 Å². The fourth-order valence-corrected chi connectivity index (χ4v) is 5.55. The zero-order valence-corrected chi connectivity index (χ0v) is 19.5. The van der Waals surface area contributed by atoms with Crippen LogP contribution in [0.4, 0.5) is 5.00 Å². The molecule has 0 radical (unpaired) electrons. The van der Waals surface area contributed by atoms with Crippen molar-refractivity contribution in [2.24, 2.45) is 11.3 Å². The number of nitrogens with one attached hydrogen (secondary N) is 2. The summed E-state index contributed by atoms with van der Waals surface area (Å²) >= 11 is 18.8. The molecule has 29 heavy (non-hydrogen) atoms. The number of anilines is 1. The van der Waals surface area contributed by atoms with E-state index < -0.39 is 5.91 Å². The van der Waals surface area contributed by atoms with Gasteiger partial charge in [-0.05, 0) is 66.6 Å². The summed E-state index contributed by atoms with van der Waals surface area (Å²) in [4.78, 5) is 13.7. The number of halogens is 2. The fourth-order valence-electron chi connectivity index (χ4n) is 3.51. The number of amides is 1. The number of hydrogen-bond acceptors (Lipinski definition) is 4. The third-order valence-electron chi connectivity index (χ3n) is 5.23. The first kappa shape index (κ1) is 22.0. The maximum absolute atomic E-state index is 12.5. The van der Waals surface area contributed by atoms with E-state index in [0.717, 1.165) is 24.8 Å². The largest absolute Gasteiger partial charge is 0.323 e. The predicted octanol–water partition coefficient (Wildman–Crippen LogP) is 6.20. The lowest BCUT2D eigenvalue weighted by molar-refractivity contribution is 0.0978. The van der Waals surface area contributed by atoms with Crippen molar-refractivity contribution < 1.29 is 4.79 Å². The Morgan fingerprint density at radius 2 is 2.07 bits per heavy atom. The molecular formula is C21H21Cl2N3OS2. The van der Waals surface area contributed by atoms with E-state index in [1.54, 1.807) is 23.5 Å². The molecule has 0 spiro atoms. The first-order chi connectivity index (χ1) is 13.6. The number of nitrogens with zero attached hydrogens (tertiary/aromatic N) is 1. The highest BCUT2D eigenvalue weighted by Gasteiger charge is 2.32. The van der Waals surface area contributed by atoms with Gasteiger partial charge in [-0.25, -0.2) is 0 Å². The van der Waals surface area contributed by atoms with Gasteiger partial charge in [-0.3, -0.25) is 10.1 Å². The fraction of sp³-hybridized carbons (Fsp3) is 0.381. The van der Waals surface area contributed by atoms with Crippen LogP contribution in [0.25, 0.3) is 0 Å². The summed E-state index contributed by atoms with van der Waals surface area (Å²) in [6, 6.07) is 6.93. The molecule has 1 atom stereocenters. The number of hydrogen-bond donors (Lipinski definition) is 2. The van der Waals surface area contributed by atoms with Crippen LogP contribution in [-0.4, -0.2) is 11.0 Å². The van der Waals surface area contributed by atoms with Crippen LogP contribution < -0.4 is 10.6 Å². The molecule has 0 bridgehead atoms. The van der Waals surface area contributed by atoms with E-state index in [4.69, 9.17) is 35.4 Å². The van der Waals surface area contributed by atoms with Crippen LogP contribution in [0.15, 0.2) is 18.2 Å². The van der Waals surface area contributed by atoms with Gasteiger partial charge in [0.2, 0.25) is 0 Å². The smallest absolute Gasteiger partial charge is 0.258 e. The number of carbonyl (C=O) groups excluding carboxylic acids is 1. The number of benzene rings is 1. The van der Waals surface area contributed by atoms with Gasteiger partial charge in [0.1, 0.15) is 11.1 Å². The summed E-state index contributed by atoms with van der Waals surface area (Å²) in [6.07, 6.45) is 2.91. The number of rotatable bonds is 2. The second kappa shape index (κ2) is 8.61. The molecule has 2 aromatic rings. The molecular weight excluding hydrogens is 445 g/mol. The number of thiophene rings is 1. The monoisotopic (exact) mass is 465 g/mol. The zero-order valence-electron chi connectivity index (χ0n) is 16.4. The highest BCUT2D eigenvalue weighted by molar-refractivity contribution is 7.80. The average Bonchev–Trinajstić information content (AvgIpc) is 2.96. The zero-order chi connectivity index (χ0) is 21.3. The van der Waals surface area contributed by atoms with Crippen molar-refractivity contribution in [2.75, 3.05) is 5.32 Å². The molecule has 0 unspecified atom stereocenters. The van der Waals surface area contributed by atoms with Crippen LogP contribution in [0.5, 0.6) is 0 Å². The Bertz CT molecular complexity index is 1020. The molecule has 152 valence electrons. The van der Waals surface area contributed by atoms with Crippen molar-refractivity contribution in [3.05, 3.63) is 49.8 Å². The SMILES string of the molecule is CC(C)(C)[C@@H]1CCc2c(sc(NC(=S)NC(=O)c3ccc(Cl)cc3Cl)c2C#N)C1. The molecule has 1 heterocycles. The summed E-state index contributed by atoms with van der Waals surface area (Å²) < 4.78 is 0. The minimum atomic E-state index is -0.434. The van der Waals surface area contributed by atoms with Crippen molar-refractivity contribution in [2.45, 2.75) is 40.0 Å². The summed E-state index contributed by atoms with van der Waals surface area (Å²) in [5.41, 5.74) is 2.23. The lowest BCUT2D eigenvalue weighted by Crippen LogP contribution is -2.34. The van der Waals surface area contributed by atoms with E-state index in [0.29, 0.717) is 21.5 Å². The third kappa shape index (κ3) is 4.92. The maximum atomic E-state index is 12.5. The van der Waals surface area contributed by atoms with E-state index in [2.05, 4.69) is 37.5 Å². The van der Waals surface area contributed by atoms with E-state index >= 15 is 0 Å². The molecule has 4 nitrogen and oxygen atoms in total. The van der Waals surface area contributed by atoms with Gasteiger partial charge in [0.05, 0.1) is 16.1 Å². The predicted molar refractivity (Wildman–Crippen MR) is 124 cm³/mol. The Morgan fingerprint density at radius 3 is 2.69 bits per heavy atom. The van der Waals surface area contributed by atoms with E-state index in [1.807, 2.05) is 0 Å². The summed E-state index contributed by atoms with van der Waals surface area (Å²) in [6.45, 7) is 6.77. The van der Waals surface area contributed by atoms with E-state index in [1.165, 1.54) is 10.9 Å². The van der Waals surface area contributed by atoms with E-state index in [-0.39, 0.29) is 21.1 Å². The lowest BCUT2D eigenvalue weighted by Gasteiger charge is -2.33. The minimum absolute atomic E-state index is 0.128.